The minimum Gasteiger partial charge on any atom is -0.387 e. The number of halogens is 6. The molecule has 172 valence electrons. The summed E-state index contributed by atoms with van der Waals surface area (Å²) in [6.45, 7) is 0.481. The minimum absolute atomic E-state index is 0.222. The second kappa shape index (κ2) is 8.15. The molecule has 0 radical (unpaired) electrons. The summed E-state index contributed by atoms with van der Waals surface area (Å²) in [5.41, 5.74) is 4.94. The van der Waals surface area contributed by atoms with Gasteiger partial charge in [-0.05, 0) is 12.8 Å². The number of piperidine rings is 1. The zero-order chi connectivity index (χ0) is 23.1. The highest BCUT2D eigenvalue weighted by Gasteiger charge is 2.53. The van der Waals surface area contributed by atoms with Gasteiger partial charge in [0.25, 0.3) is 0 Å². The van der Waals surface area contributed by atoms with Crippen LogP contribution in [0.1, 0.15) is 18.7 Å². The van der Waals surface area contributed by atoms with E-state index in [2.05, 4.69) is 15.3 Å². The predicted octanol–water partition coefficient (Wildman–Crippen LogP) is 1.36. The van der Waals surface area contributed by atoms with E-state index in [1.807, 2.05) is 0 Å². The fourth-order valence-corrected chi connectivity index (χ4v) is 3.79. The van der Waals surface area contributed by atoms with E-state index >= 15 is 0 Å². The summed E-state index contributed by atoms with van der Waals surface area (Å²) in [5.74, 6) is -4.95. The lowest BCUT2D eigenvalue weighted by Crippen LogP contribution is -2.56. The number of hydrogen-bond acceptors (Lipinski definition) is 8. The fraction of sp³-hybridized carbons (Fsp3) is 0.588. The van der Waals surface area contributed by atoms with Crippen molar-refractivity contribution in [2.75, 3.05) is 18.0 Å². The summed E-state index contributed by atoms with van der Waals surface area (Å²) in [6.07, 6.45) is -11.3. The van der Waals surface area contributed by atoms with Gasteiger partial charge in [0, 0.05) is 30.3 Å². The van der Waals surface area contributed by atoms with E-state index in [-0.39, 0.29) is 25.9 Å². The van der Waals surface area contributed by atoms with Crippen molar-refractivity contribution in [1.29, 1.82) is 5.41 Å². The number of rotatable bonds is 3. The monoisotopic (exact) mass is 454 g/mol. The first-order chi connectivity index (χ1) is 14.3. The molecule has 1 aromatic rings. The van der Waals surface area contributed by atoms with Gasteiger partial charge < -0.3 is 31.6 Å². The van der Waals surface area contributed by atoms with Gasteiger partial charge in [-0.3, -0.25) is 0 Å². The van der Waals surface area contributed by atoms with Gasteiger partial charge in [0.05, 0.1) is 18.1 Å². The van der Waals surface area contributed by atoms with Crippen molar-refractivity contribution in [1.82, 2.24) is 15.3 Å². The standard InChI is InChI=1S/C17H20F6N6O2/c18-16(19,20)10-9(13(25)28-14(31)12(10)30)11(24)7-1-3-29(4-2-7)8-5-26-15(27-6-8)17(21,22)23/h5-7,10,12,14,24,28,30-31H,1-4,25H2/t10-,12-,14?/m1/s1. The van der Waals surface area contributed by atoms with Crippen LogP contribution in [0.3, 0.4) is 0 Å². The number of aromatic nitrogens is 2. The Labute approximate surface area is 172 Å². The summed E-state index contributed by atoms with van der Waals surface area (Å²) < 4.78 is 78.3. The van der Waals surface area contributed by atoms with E-state index < -0.39 is 59.5 Å². The molecule has 14 heteroatoms. The lowest BCUT2D eigenvalue weighted by molar-refractivity contribution is -0.204. The van der Waals surface area contributed by atoms with Crippen molar-refractivity contribution < 1.29 is 36.6 Å². The molecule has 1 fully saturated rings. The van der Waals surface area contributed by atoms with Gasteiger partial charge in [-0.1, -0.05) is 0 Å². The number of anilines is 1. The molecule has 0 aliphatic carbocycles. The van der Waals surface area contributed by atoms with Gasteiger partial charge in [0.15, 0.2) is 6.23 Å². The molecule has 8 nitrogen and oxygen atoms in total. The van der Waals surface area contributed by atoms with E-state index in [4.69, 9.17) is 11.1 Å². The third-order valence-corrected chi connectivity index (χ3v) is 5.37. The molecule has 1 aromatic heterocycles. The van der Waals surface area contributed by atoms with Crippen molar-refractivity contribution in [3.8, 4) is 0 Å². The Morgan fingerprint density at radius 3 is 2.13 bits per heavy atom. The maximum absolute atomic E-state index is 13.5. The van der Waals surface area contributed by atoms with Crippen molar-refractivity contribution >= 4 is 11.4 Å². The molecule has 3 rings (SSSR count). The van der Waals surface area contributed by atoms with E-state index in [0.29, 0.717) is 5.69 Å². The first-order valence-corrected chi connectivity index (χ1v) is 9.22. The molecule has 0 spiro atoms. The molecule has 3 heterocycles. The average molecular weight is 454 g/mol. The quantitative estimate of drug-likeness (QED) is 0.344. The maximum Gasteiger partial charge on any atom is 0.451 e. The van der Waals surface area contributed by atoms with E-state index in [9.17, 15) is 36.6 Å². The fourth-order valence-electron chi connectivity index (χ4n) is 3.79. The molecule has 2 aliphatic heterocycles. The van der Waals surface area contributed by atoms with Crippen molar-refractivity contribution in [3.63, 3.8) is 0 Å². The molecule has 0 amide bonds. The van der Waals surface area contributed by atoms with Gasteiger partial charge in [-0.2, -0.15) is 26.3 Å². The highest BCUT2D eigenvalue weighted by atomic mass is 19.4. The normalized spacial score (nSPS) is 26.1. The van der Waals surface area contributed by atoms with E-state index in [1.165, 1.54) is 0 Å². The zero-order valence-electron chi connectivity index (χ0n) is 15.9. The molecule has 0 bridgehead atoms. The van der Waals surface area contributed by atoms with E-state index in [0.717, 1.165) is 12.4 Å². The number of aliphatic hydroxyl groups excluding tert-OH is 2. The van der Waals surface area contributed by atoms with Crippen molar-refractivity contribution in [2.24, 2.45) is 17.6 Å². The average Bonchev–Trinajstić information content (AvgIpc) is 2.68. The Balaban J connectivity index is 1.73. The minimum atomic E-state index is -4.94. The summed E-state index contributed by atoms with van der Waals surface area (Å²) in [5, 5.41) is 29.9. The number of nitrogens with zero attached hydrogens (tertiary/aromatic N) is 3. The highest BCUT2D eigenvalue weighted by Crippen LogP contribution is 2.40. The molecule has 0 saturated carbocycles. The zero-order valence-corrected chi connectivity index (χ0v) is 15.9. The number of aliphatic hydroxyl groups is 2. The Bertz CT molecular complexity index is 848. The Morgan fingerprint density at radius 2 is 1.65 bits per heavy atom. The smallest absolute Gasteiger partial charge is 0.387 e. The third kappa shape index (κ3) is 4.69. The Morgan fingerprint density at radius 1 is 1.10 bits per heavy atom. The SMILES string of the molecule is N=C(C1=C(N)NC(O)[C@H](O)[C@@H]1C(F)(F)F)C1CCN(c2cnc(C(F)(F)F)nc2)CC1. The van der Waals surface area contributed by atoms with Gasteiger partial charge in [-0.15, -0.1) is 0 Å². The first kappa shape index (κ1) is 23.1. The molecule has 3 atom stereocenters. The van der Waals surface area contributed by atoms with Crippen molar-refractivity contribution in [2.45, 2.75) is 37.5 Å². The molecule has 0 aromatic carbocycles. The van der Waals surface area contributed by atoms with Crippen LogP contribution in [0, 0.1) is 17.2 Å². The van der Waals surface area contributed by atoms with Crippen LogP contribution in [0.25, 0.3) is 0 Å². The molecule has 1 unspecified atom stereocenters. The van der Waals surface area contributed by atoms with Gasteiger partial charge >= 0.3 is 12.4 Å². The topological polar surface area (TPSA) is 131 Å². The lowest BCUT2D eigenvalue weighted by Gasteiger charge is -2.39. The van der Waals surface area contributed by atoms with E-state index in [1.54, 1.807) is 4.90 Å². The number of nitrogens with one attached hydrogen (secondary N) is 2. The van der Waals surface area contributed by atoms with Crippen LogP contribution in [0.5, 0.6) is 0 Å². The van der Waals surface area contributed by atoms with Gasteiger partial charge in [0.1, 0.15) is 17.8 Å². The summed E-state index contributed by atoms with van der Waals surface area (Å²) in [6, 6.07) is 0. The molecule has 31 heavy (non-hydrogen) atoms. The largest absolute Gasteiger partial charge is 0.451 e. The second-order valence-electron chi connectivity index (χ2n) is 7.36. The van der Waals surface area contributed by atoms with Gasteiger partial charge in [-0.25, -0.2) is 9.97 Å². The second-order valence-corrected chi connectivity index (χ2v) is 7.36. The Kier molecular flexibility index (Phi) is 6.06. The predicted molar refractivity (Wildman–Crippen MR) is 95.6 cm³/mol. The molecule has 6 N–H and O–H groups in total. The number of nitrogens with two attached hydrogens (primary N) is 1. The molecular formula is C17H20F6N6O2. The number of hydrogen-bond donors (Lipinski definition) is 5. The lowest BCUT2D eigenvalue weighted by atomic mass is 9.79. The molecular weight excluding hydrogens is 434 g/mol. The van der Waals surface area contributed by atoms with Crippen LogP contribution in [-0.2, 0) is 6.18 Å². The summed E-state index contributed by atoms with van der Waals surface area (Å²) in [7, 11) is 0. The van der Waals surface area contributed by atoms with Gasteiger partial charge in [0.2, 0.25) is 5.82 Å². The maximum atomic E-state index is 13.5. The van der Waals surface area contributed by atoms with Crippen LogP contribution in [-0.4, -0.2) is 57.5 Å². The third-order valence-electron chi connectivity index (χ3n) is 5.37. The highest BCUT2D eigenvalue weighted by molar-refractivity contribution is 6.01. The van der Waals surface area contributed by atoms with Crippen LogP contribution in [0.4, 0.5) is 32.0 Å². The Hall–Kier alpha value is -2.61. The number of alkyl halides is 6. The van der Waals surface area contributed by atoms with Crippen LogP contribution in [0.2, 0.25) is 0 Å². The molecule has 2 aliphatic rings. The first-order valence-electron chi connectivity index (χ1n) is 9.22. The summed E-state index contributed by atoms with van der Waals surface area (Å²) in [4.78, 5) is 8.24. The summed E-state index contributed by atoms with van der Waals surface area (Å²) >= 11 is 0. The molecule has 1 saturated heterocycles. The van der Waals surface area contributed by atoms with Crippen LogP contribution >= 0.6 is 0 Å². The van der Waals surface area contributed by atoms with Crippen LogP contribution < -0.4 is 16.0 Å². The van der Waals surface area contributed by atoms with Crippen molar-refractivity contribution in [3.05, 3.63) is 29.6 Å². The van der Waals surface area contributed by atoms with Crippen LogP contribution in [0.15, 0.2) is 23.8 Å².